The lowest BCUT2D eigenvalue weighted by molar-refractivity contribution is -0.138. The van der Waals surface area contributed by atoms with Crippen LogP contribution in [0.4, 0.5) is 0 Å². The number of carbonyl (C=O) groups excluding carboxylic acids is 1. The van der Waals surface area contributed by atoms with Crippen LogP contribution in [0.1, 0.15) is 13.3 Å². The number of carboxylic acid groups (broad SMARTS) is 1. The molecular formula is C11H21N3O3. The Kier molecular flexibility index (Phi) is 5.93. The number of carbonyl (C=O) groups is 2. The van der Waals surface area contributed by atoms with Crippen LogP contribution in [0.2, 0.25) is 0 Å². The fourth-order valence-electron chi connectivity index (χ4n) is 1.82. The smallest absolute Gasteiger partial charge is 0.304 e. The second kappa shape index (κ2) is 7.24. The van der Waals surface area contributed by atoms with Gasteiger partial charge in [-0.15, -0.1) is 0 Å². The van der Waals surface area contributed by atoms with Crippen LogP contribution in [0, 0.1) is 0 Å². The lowest BCUT2D eigenvalue weighted by atomic mass is 10.3. The van der Waals surface area contributed by atoms with Crippen LogP contribution in [0.25, 0.3) is 0 Å². The molecule has 0 bridgehead atoms. The van der Waals surface area contributed by atoms with E-state index in [1.165, 1.54) is 0 Å². The number of nitrogens with zero attached hydrogens (tertiary/aromatic N) is 2. The Morgan fingerprint density at radius 2 is 1.88 bits per heavy atom. The summed E-state index contributed by atoms with van der Waals surface area (Å²) in [5.41, 5.74) is 0. The quantitative estimate of drug-likeness (QED) is 0.640. The molecule has 1 rings (SSSR count). The number of piperazine rings is 1. The summed E-state index contributed by atoms with van der Waals surface area (Å²) >= 11 is 0. The predicted octanol–water partition coefficient (Wildman–Crippen LogP) is -0.785. The molecule has 1 fully saturated rings. The molecule has 0 aliphatic carbocycles. The van der Waals surface area contributed by atoms with Crippen LogP contribution in [-0.4, -0.2) is 72.6 Å². The minimum atomic E-state index is -0.768. The highest BCUT2D eigenvalue weighted by Gasteiger charge is 2.20. The van der Waals surface area contributed by atoms with Gasteiger partial charge in [-0.3, -0.25) is 14.5 Å². The molecule has 2 N–H and O–H groups in total. The Morgan fingerprint density at radius 3 is 2.41 bits per heavy atom. The molecule has 6 heteroatoms. The molecule has 0 radical (unpaired) electrons. The van der Waals surface area contributed by atoms with Crippen molar-refractivity contribution in [2.75, 3.05) is 45.8 Å². The maximum absolute atomic E-state index is 11.7. The molecule has 0 aromatic heterocycles. The average Bonchev–Trinajstić information content (AvgIpc) is 2.34. The van der Waals surface area contributed by atoms with E-state index in [0.29, 0.717) is 26.2 Å². The third-order valence-corrected chi connectivity index (χ3v) is 2.89. The van der Waals surface area contributed by atoms with Crippen molar-refractivity contribution in [2.45, 2.75) is 13.3 Å². The first-order valence-corrected chi connectivity index (χ1v) is 6.06. The molecule has 0 aromatic rings. The van der Waals surface area contributed by atoms with Crippen molar-refractivity contribution in [1.29, 1.82) is 0 Å². The lowest BCUT2D eigenvalue weighted by Gasteiger charge is -2.34. The highest BCUT2D eigenvalue weighted by Crippen LogP contribution is 2.02. The van der Waals surface area contributed by atoms with Crippen molar-refractivity contribution in [3.63, 3.8) is 0 Å². The van der Waals surface area contributed by atoms with Gasteiger partial charge in [0.2, 0.25) is 5.91 Å². The molecule has 1 heterocycles. The Hall–Kier alpha value is -1.14. The van der Waals surface area contributed by atoms with Gasteiger partial charge in [0.05, 0.1) is 13.0 Å². The minimum absolute atomic E-state index is 0.129. The topological polar surface area (TPSA) is 72.9 Å². The second-order valence-corrected chi connectivity index (χ2v) is 4.15. The molecule has 6 nitrogen and oxygen atoms in total. The normalized spacial score (nSPS) is 17.1. The number of aliphatic carboxylic acids is 1. The molecule has 1 saturated heterocycles. The van der Waals surface area contributed by atoms with Crippen molar-refractivity contribution >= 4 is 11.9 Å². The standard InChI is InChI=1S/C11H21N3O3/c1-2-12-9-10(15)14-7-5-13(6-8-14)4-3-11(16)17/h12H,2-9H2,1H3,(H,16,17). The van der Waals surface area contributed by atoms with Gasteiger partial charge in [0.25, 0.3) is 0 Å². The average molecular weight is 243 g/mol. The fourth-order valence-corrected chi connectivity index (χ4v) is 1.82. The second-order valence-electron chi connectivity index (χ2n) is 4.15. The number of amides is 1. The lowest BCUT2D eigenvalue weighted by Crippen LogP contribution is -2.51. The number of hydrogen-bond acceptors (Lipinski definition) is 4. The summed E-state index contributed by atoms with van der Waals surface area (Å²) < 4.78 is 0. The van der Waals surface area contributed by atoms with E-state index >= 15 is 0 Å². The summed E-state index contributed by atoms with van der Waals surface area (Å²) in [6.07, 6.45) is 0.172. The van der Waals surface area contributed by atoms with E-state index in [4.69, 9.17) is 5.11 Å². The summed E-state index contributed by atoms with van der Waals surface area (Å²) in [6.45, 7) is 6.67. The van der Waals surface area contributed by atoms with E-state index in [9.17, 15) is 9.59 Å². The number of nitrogens with one attached hydrogen (secondary N) is 1. The predicted molar refractivity (Wildman–Crippen MR) is 63.8 cm³/mol. The van der Waals surface area contributed by atoms with Gasteiger partial charge in [-0.1, -0.05) is 6.92 Å². The fraction of sp³-hybridized carbons (Fsp3) is 0.818. The molecule has 0 spiro atoms. The van der Waals surface area contributed by atoms with Crippen LogP contribution in [-0.2, 0) is 9.59 Å². The third kappa shape index (κ3) is 5.14. The molecule has 1 aliphatic heterocycles. The maximum Gasteiger partial charge on any atom is 0.304 e. The molecule has 1 amide bonds. The SMILES string of the molecule is CCNCC(=O)N1CCN(CCC(=O)O)CC1. The summed E-state index contributed by atoms with van der Waals surface area (Å²) in [6, 6.07) is 0. The van der Waals surface area contributed by atoms with Crippen LogP contribution >= 0.6 is 0 Å². The highest BCUT2D eigenvalue weighted by molar-refractivity contribution is 5.78. The van der Waals surface area contributed by atoms with Crippen LogP contribution < -0.4 is 5.32 Å². The van der Waals surface area contributed by atoms with Gasteiger partial charge >= 0.3 is 5.97 Å². The zero-order chi connectivity index (χ0) is 12.7. The van der Waals surface area contributed by atoms with Gasteiger partial charge in [-0.05, 0) is 6.54 Å². The summed E-state index contributed by atoms with van der Waals surface area (Å²) in [7, 11) is 0. The van der Waals surface area contributed by atoms with E-state index in [1.807, 2.05) is 11.8 Å². The van der Waals surface area contributed by atoms with E-state index in [-0.39, 0.29) is 12.3 Å². The first-order valence-electron chi connectivity index (χ1n) is 6.06. The maximum atomic E-state index is 11.7. The van der Waals surface area contributed by atoms with Gasteiger partial charge < -0.3 is 15.3 Å². The van der Waals surface area contributed by atoms with Gasteiger partial charge in [-0.2, -0.15) is 0 Å². The van der Waals surface area contributed by atoms with Gasteiger partial charge in [0.1, 0.15) is 0 Å². The van der Waals surface area contributed by atoms with Crippen molar-refractivity contribution in [1.82, 2.24) is 15.1 Å². The molecular weight excluding hydrogens is 222 g/mol. The van der Waals surface area contributed by atoms with Crippen LogP contribution in [0.5, 0.6) is 0 Å². The van der Waals surface area contributed by atoms with Gasteiger partial charge in [0, 0.05) is 32.7 Å². The zero-order valence-corrected chi connectivity index (χ0v) is 10.3. The molecule has 0 aromatic carbocycles. The van der Waals surface area contributed by atoms with Gasteiger partial charge in [-0.25, -0.2) is 0 Å². The number of likely N-dealkylation sites (N-methyl/N-ethyl adjacent to an activating group) is 1. The van der Waals surface area contributed by atoms with E-state index in [1.54, 1.807) is 0 Å². The van der Waals surface area contributed by atoms with E-state index in [0.717, 1.165) is 19.6 Å². The van der Waals surface area contributed by atoms with Crippen molar-refractivity contribution < 1.29 is 14.7 Å². The monoisotopic (exact) mass is 243 g/mol. The minimum Gasteiger partial charge on any atom is -0.481 e. The summed E-state index contributed by atoms with van der Waals surface area (Å²) in [5, 5.41) is 11.6. The molecule has 1 aliphatic rings. The Labute approximate surface area is 102 Å². The van der Waals surface area contributed by atoms with E-state index in [2.05, 4.69) is 10.2 Å². The molecule has 98 valence electrons. The molecule has 17 heavy (non-hydrogen) atoms. The van der Waals surface area contributed by atoms with Gasteiger partial charge in [0.15, 0.2) is 0 Å². The largest absolute Gasteiger partial charge is 0.481 e. The first kappa shape index (κ1) is 13.9. The van der Waals surface area contributed by atoms with Crippen molar-refractivity contribution in [3.8, 4) is 0 Å². The number of carboxylic acids is 1. The van der Waals surface area contributed by atoms with Crippen LogP contribution in [0.3, 0.4) is 0 Å². The van der Waals surface area contributed by atoms with Crippen molar-refractivity contribution in [3.05, 3.63) is 0 Å². The summed E-state index contributed by atoms with van der Waals surface area (Å²) in [5.74, 6) is -0.639. The number of rotatable bonds is 6. The number of hydrogen-bond donors (Lipinski definition) is 2. The Balaban J connectivity index is 2.20. The molecule has 0 unspecified atom stereocenters. The molecule has 0 atom stereocenters. The zero-order valence-electron chi connectivity index (χ0n) is 10.3. The molecule has 0 saturated carbocycles. The Bertz CT molecular complexity index is 263. The Morgan fingerprint density at radius 1 is 1.24 bits per heavy atom. The van der Waals surface area contributed by atoms with E-state index < -0.39 is 5.97 Å². The highest BCUT2D eigenvalue weighted by atomic mass is 16.4. The first-order chi connectivity index (χ1) is 8.13. The third-order valence-electron chi connectivity index (χ3n) is 2.89. The van der Waals surface area contributed by atoms with Crippen molar-refractivity contribution in [2.24, 2.45) is 0 Å². The summed E-state index contributed by atoms with van der Waals surface area (Å²) in [4.78, 5) is 26.0. The van der Waals surface area contributed by atoms with Crippen LogP contribution in [0.15, 0.2) is 0 Å².